The van der Waals surface area contributed by atoms with E-state index < -0.39 is 29.7 Å². The van der Waals surface area contributed by atoms with Crippen molar-refractivity contribution in [3.63, 3.8) is 0 Å². The molecule has 0 aliphatic heterocycles. The third-order valence-electron chi connectivity index (χ3n) is 2.99. The Balaban J connectivity index is 1.98. The predicted molar refractivity (Wildman–Crippen MR) is 92.4 cm³/mol. The van der Waals surface area contributed by atoms with Crippen molar-refractivity contribution < 1.29 is 27.4 Å². The molecular formula is C15H17N2O6PS. The van der Waals surface area contributed by atoms with Gasteiger partial charge in [0.15, 0.2) is 0 Å². The molecule has 2 aromatic rings. The number of para-hydroxylation sites is 1. The van der Waals surface area contributed by atoms with E-state index in [4.69, 9.17) is 9.63 Å². The number of ether oxygens (including phenoxy) is 1. The number of carbonyl (C=O) groups is 1. The predicted octanol–water partition coefficient (Wildman–Crippen LogP) is 2.32. The van der Waals surface area contributed by atoms with Gasteiger partial charge >= 0.3 is 5.65 Å². The topological polar surface area (TPSA) is 122 Å². The first kappa shape index (κ1) is 19.1. The summed E-state index contributed by atoms with van der Waals surface area (Å²) < 4.78 is 43.0. The summed E-state index contributed by atoms with van der Waals surface area (Å²) in [5.74, 6) is 1.08. The number of carbonyl (C=O) groups excluding carboxylic acids is 1. The number of hydrogen-bond acceptors (Lipinski definition) is 5. The highest BCUT2D eigenvalue weighted by Gasteiger charge is 2.22. The Bertz CT molecular complexity index is 878. The fourth-order valence-electron chi connectivity index (χ4n) is 1.75. The molecule has 1 amide bonds. The number of sulfonamides is 1. The van der Waals surface area contributed by atoms with Gasteiger partial charge in [-0.25, -0.2) is 8.42 Å². The minimum absolute atomic E-state index is 0.0363. The largest absolute Gasteiger partial charge is 0.457 e. The van der Waals surface area contributed by atoms with Crippen molar-refractivity contribution in [2.24, 2.45) is 0 Å². The first-order valence-electron chi connectivity index (χ1n) is 7.10. The van der Waals surface area contributed by atoms with Gasteiger partial charge in [0.05, 0.1) is 11.6 Å². The standard InChI is InChI=1S/C15H17N2O6PS/c1-24(19,20)15(18)16-11-17-25(21,22)14-9-7-13(8-10-14)23-12-5-3-2-4-6-12/h2-10,17H,11H2,1H3,(H,16,18)(H,19,20). The van der Waals surface area contributed by atoms with Crippen LogP contribution in [0.5, 0.6) is 11.5 Å². The van der Waals surface area contributed by atoms with Crippen molar-refractivity contribution in [3.8, 4) is 11.5 Å². The van der Waals surface area contributed by atoms with Crippen LogP contribution in [0.2, 0.25) is 0 Å². The highest BCUT2D eigenvalue weighted by molar-refractivity contribution is 7.89. The zero-order chi connectivity index (χ0) is 18.5. The van der Waals surface area contributed by atoms with Crippen LogP contribution < -0.4 is 14.8 Å². The molecule has 0 radical (unpaired) electrons. The Hall–Kier alpha value is -2.19. The van der Waals surface area contributed by atoms with Crippen LogP contribution in [0.1, 0.15) is 0 Å². The van der Waals surface area contributed by atoms with Crippen molar-refractivity contribution >= 4 is 23.0 Å². The van der Waals surface area contributed by atoms with E-state index in [1.807, 2.05) is 23.5 Å². The zero-order valence-corrected chi connectivity index (χ0v) is 15.0. The minimum Gasteiger partial charge on any atom is -0.457 e. The summed E-state index contributed by atoms with van der Waals surface area (Å²) in [6, 6.07) is 14.7. The monoisotopic (exact) mass is 384 g/mol. The molecule has 0 spiro atoms. The fraction of sp³-hybridized carbons (Fsp3) is 0.133. The molecule has 1 atom stereocenters. The number of hydrogen-bond donors (Lipinski definition) is 3. The summed E-state index contributed by atoms with van der Waals surface area (Å²) >= 11 is 0. The van der Waals surface area contributed by atoms with Crippen molar-refractivity contribution in [2.45, 2.75) is 4.90 Å². The molecule has 134 valence electrons. The molecule has 25 heavy (non-hydrogen) atoms. The maximum absolute atomic E-state index is 12.1. The van der Waals surface area contributed by atoms with Crippen molar-refractivity contribution in [1.82, 2.24) is 10.0 Å². The van der Waals surface area contributed by atoms with Crippen LogP contribution in [0.15, 0.2) is 59.5 Å². The second-order valence-electron chi connectivity index (χ2n) is 5.07. The first-order valence-corrected chi connectivity index (χ1v) is 10.7. The molecule has 2 aromatic carbocycles. The van der Waals surface area contributed by atoms with Crippen molar-refractivity contribution in [1.29, 1.82) is 0 Å². The smallest absolute Gasteiger partial charge is 0.306 e. The Labute approximate surface area is 145 Å². The highest BCUT2D eigenvalue weighted by atomic mass is 32.2. The SMILES string of the molecule is CP(=O)(O)C(=O)NCNS(=O)(=O)c1ccc(Oc2ccccc2)cc1. The normalized spacial score (nSPS) is 13.7. The average Bonchev–Trinajstić information content (AvgIpc) is 2.55. The van der Waals surface area contributed by atoms with Crippen LogP contribution in [0.3, 0.4) is 0 Å². The summed E-state index contributed by atoms with van der Waals surface area (Å²) in [6.07, 6.45) is 0. The maximum atomic E-state index is 12.1. The summed E-state index contributed by atoms with van der Waals surface area (Å²) in [7, 11) is -7.83. The van der Waals surface area contributed by atoms with Crippen molar-refractivity contribution in [3.05, 3.63) is 54.6 Å². The quantitative estimate of drug-likeness (QED) is 0.497. The van der Waals surface area contributed by atoms with E-state index in [2.05, 4.69) is 4.72 Å². The zero-order valence-electron chi connectivity index (χ0n) is 13.2. The molecule has 0 bridgehead atoms. The van der Waals surface area contributed by atoms with Gasteiger partial charge in [0.25, 0.3) is 7.37 Å². The van der Waals surface area contributed by atoms with E-state index in [0.717, 1.165) is 6.66 Å². The molecule has 0 saturated carbocycles. The van der Waals surface area contributed by atoms with Gasteiger partial charge < -0.3 is 14.9 Å². The second-order valence-corrected chi connectivity index (χ2v) is 9.00. The second kappa shape index (κ2) is 7.79. The Morgan fingerprint density at radius 1 is 1.08 bits per heavy atom. The molecule has 0 aliphatic rings. The van der Waals surface area contributed by atoms with Gasteiger partial charge in [-0.2, -0.15) is 4.72 Å². The Kier molecular flexibility index (Phi) is 5.97. The molecular weight excluding hydrogens is 367 g/mol. The van der Waals surface area contributed by atoms with Gasteiger partial charge in [-0.05, 0) is 36.4 Å². The molecule has 0 aliphatic carbocycles. The van der Waals surface area contributed by atoms with E-state index in [0.29, 0.717) is 11.5 Å². The highest BCUT2D eigenvalue weighted by Crippen LogP contribution is 2.35. The maximum Gasteiger partial charge on any atom is 0.306 e. The van der Waals surface area contributed by atoms with Crippen LogP contribution in [-0.2, 0) is 14.6 Å². The molecule has 2 rings (SSSR count). The molecule has 8 nitrogen and oxygen atoms in total. The van der Waals surface area contributed by atoms with Gasteiger partial charge in [-0.3, -0.25) is 9.36 Å². The van der Waals surface area contributed by atoms with E-state index >= 15 is 0 Å². The lowest BCUT2D eigenvalue weighted by atomic mass is 10.3. The summed E-state index contributed by atoms with van der Waals surface area (Å²) in [4.78, 5) is 20.2. The Morgan fingerprint density at radius 2 is 1.64 bits per heavy atom. The number of rotatable bonds is 7. The third kappa shape index (κ3) is 5.68. The van der Waals surface area contributed by atoms with Gasteiger partial charge in [-0.15, -0.1) is 0 Å². The van der Waals surface area contributed by atoms with Crippen LogP contribution in [-0.4, -0.2) is 32.3 Å². The van der Waals surface area contributed by atoms with E-state index in [-0.39, 0.29) is 4.90 Å². The van der Waals surface area contributed by atoms with Crippen LogP contribution in [0, 0.1) is 0 Å². The number of amides is 1. The first-order chi connectivity index (χ1) is 11.7. The molecule has 0 saturated heterocycles. The molecule has 0 fully saturated rings. The lowest BCUT2D eigenvalue weighted by molar-refractivity contribution is 0.255. The van der Waals surface area contributed by atoms with Crippen LogP contribution >= 0.6 is 7.37 Å². The van der Waals surface area contributed by atoms with E-state index in [9.17, 15) is 17.8 Å². The lowest BCUT2D eigenvalue weighted by Gasteiger charge is -2.10. The minimum atomic E-state index is -3.95. The van der Waals surface area contributed by atoms with Crippen LogP contribution in [0.25, 0.3) is 0 Å². The van der Waals surface area contributed by atoms with Crippen LogP contribution in [0.4, 0.5) is 4.79 Å². The average molecular weight is 384 g/mol. The molecule has 0 heterocycles. The molecule has 0 aromatic heterocycles. The fourth-order valence-corrected chi connectivity index (χ4v) is 3.04. The van der Waals surface area contributed by atoms with Gasteiger partial charge in [-0.1, -0.05) is 18.2 Å². The number of benzene rings is 2. The van der Waals surface area contributed by atoms with Gasteiger partial charge in [0.2, 0.25) is 10.0 Å². The van der Waals surface area contributed by atoms with Gasteiger partial charge in [0.1, 0.15) is 11.5 Å². The summed E-state index contributed by atoms with van der Waals surface area (Å²) in [5.41, 5.74) is -1.12. The summed E-state index contributed by atoms with van der Waals surface area (Å²) in [6.45, 7) is 0.365. The molecule has 10 heteroatoms. The Morgan fingerprint density at radius 3 is 2.20 bits per heavy atom. The molecule has 3 N–H and O–H groups in total. The van der Waals surface area contributed by atoms with Crippen molar-refractivity contribution in [2.75, 3.05) is 13.3 Å². The molecule has 1 unspecified atom stereocenters. The van der Waals surface area contributed by atoms with Gasteiger partial charge in [0, 0.05) is 6.66 Å². The lowest BCUT2D eigenvalue weighted by Crippen LogP contribution is -2.36. The summed E-state index contributed by atoms with van der Waals surface area (Å²) in [5, 5.41) is 2.03. The third-order valence-corrected chi connectivity index (χ3v) is 5.32. The van der Waals surface area contributed by atoms with E-state index in [1.165, 1.54) is 24.3 Å². The number of nitrogens with one attached hydrogen (secondary N) is 2. The van der Waals surface area contributed by atoms with E-state index in [1.54, 1.807) is 12.1 Å².